The standard InChI is InChI=1S/C30H19N5O4/c36-29-23-16-8-9-17-24(23)31-27(20-11-3-1-4-12-20)33(29)34-28(21-13-5-2-6-14-21)32-25(30(34)37)19-22-15-7-10-18-26(22)35(38)39/h1-19H/b25-19+. The molecule has 188 valence electrons. The van der Waals surface area contributed by atoms with Crippen molar-refractivity contribution < 1.29 is 9.72 Å². The number of benzene rings is 4. The summed E-state index contributed by atoms with van der Waals surface area (Å²) in [6.07, 6.45) is 1.37. The van der Waals surface area contributed by atoms with Gasteiger partial charge in [0.2, 0.25) is 0 Å². The molecule has 9 nitrogen and oxygen atoms in total. The average Bonchev–Trinajstić information content (AvgIpc) is 3.29. The van der Waals surface area contributed by atoms with E-state index in [9.17, 15) is 19.7 Å². The minimum absolute atomic E-state index is 0.0535. The molecule has 0 aliphatic carbocycles. The van der Waals surface area contributed by atoms with Gasteiger partial charge >= 0.3 is 0 Å². The Labute approximate surface area is 221 Å². The summed E-state index contributed by atoms with van der Waals surface area (Å²) in [6, 6.07) is 31.1. The molecule has 0 bridgehead atoms. The van der Waals surface area contributed by atoms with E-state index >= 15 is 0 Å². The molecule has 0 unspecified atom stereocenters. The molecule has 1 aliphatic rings. The first-order valence-electron chi connectivity index (χ1n) is 12.0. The fourth-order valence-electron chi connectivity index (χ4n) is 4.47. The molecule has 0 saturated heterocycles. The van der Waals surface area contributed by atoms with Gasteiger partial charge in [-0.3, -0.25) is 19.7 Å². The van der Waals surface area contributed by atoms with Crippen LogP contribution in [0.4, 0.5) is 5.69 Å². The Bertz CT molecular complexity index is 1880. The fourth-order valence-corrected chi connectivity index (χ4v) is 4.47. The van der Waals surface area contributed by atoms with Gasteiger partial charge in [0, 0.05) is 17.2 Å². The zero-order valence-corrected chi connectivity index (χ0v) is 20.3. The van der Waals surface area contributed by atoms with Crippen LogP contribution in [0.1, 0.15) is 11.1 Å². The predicted octanol–water partition coefficient (Wildman–Crippen LogP) is 4.94. The first-order chi connectivity index (χ1) is 19.0. The SMILES string of the molecule is O=C1/C(=C\c2ccccc2[N+](=O)[O-])N=C(c2ccccc2)N1n1c(-c2ccccc2)nc2ccccc2c1=O. The normalized spacial score (nSPS) is 14.2. The number of hydrogen-bond acceptors (Lipinski definition) is 6. The van der Waals surface area contributed by atoms with Crippen LogP contribution in [0.3, 0.4) is 0 Å². The zero-order valence-electron chi connectivity index (χ0n) is 20.3. The molecule has 4 aromatic carbocycles. The van der Waals surface area contributed by atoms with Crippen LogP contribution in [0.2, 0.25) is 0 Å². The van der Waals surface area contributed by atoms with E-state index in [0.29, 0.717) is 22.0 Å². The maximum atomic E-state index is 14.0. The van der Waals surface area contributed by atoms with Crippen LogP contribution in [0, 0.1) is 10.1 Å². The number of para-hydroxylation sites is 2. The second kappa shape index (κ2) is 9.64. The van der Waals surface area contributed by atoms with Crippen molar-refractivity contribution in [3.63, 3.8) is 0 Å². The average molecular weight is 514 g/mol. The predicted molar refractivity (Wildman–Crippen MR) is 149 cm³/mol. The van der Waals surface area contributed by atoms with Crippen molar-refractivity contribution in [3.05, 3.63) is 146 Å². The second-order valence-corrected chi connectivity index (χ2v) is 8.70. The summed E-state index contributed by atoms with van der Waals surface area (Å²) < 4.78 is 1.23. The third kappa shape index (κ3) is 4.17. The molecule has 2 heterocycles. The Kier molecular flexibility index (Phi) is 5.85. The lowest BCUT2D eigenvalue weighted by atomic mass is 10.1. The van der Waals surface area contributed by atoms with E-state index in [4.69, 9.17) is 4.98 Å². The van der Waals surface area contributed by atoms with Crippen molar-refractivity contribution >= 4 is 34.4 Å². The highest BCUT2D eigenvalue weighted by atomic mass is 16.6. The maximum Gasteiger partial charge on any atom is 0.297 e. The number of aromatic nitrogens is 2. The Morgan fingerprint density at radius 2 is 1.36 bits per heavy atom. The lowest BCUT2D eigenvalue weighted by Gasteiger charge is -2.23. The number of amides is 1. The monoisotopic (exact) mass is 513 g/mol. The number of carbonyl (C=O) groups is 1. The van der Waals surface area contributed by atoms with Gasteiger partial charge in [0.1, 0.15) is 5.70 Å². The Morgan fingerprint density at radius 1 is 0.744 bits per heavy atom. The van der Waals surface area contributed by atoms with E-state index < -0.39 is 16.4 Å². The number of amidine groups is 1. The van der Waals surface area contributed by atoms with Crippen LogP contribution in [-0.2, 0) is 4.79 Å². The first kappa shape index (κ1) is 23.7. The molecule has 1 aromatic heterocycles. The lowest BCUT2D eigenvalue weighted by Crippen LogP contribution is -2.49. The number of aliphatic imine (C=N–C) groups is 1. The van der Waals surface area contributed by atoms with E-state index in [1.54, 1.807) is 72.8 Å². The highest BCUT2D eigenvalue weighted by Gasteiger charge is 2.36. The summed E-state index contributed by atoms with van der Waals surface area (Å²) in [5.41, 5.74) is 1.23. The van der Waals surface area contributed by atoms with E-state index in [1.807, 2.05) is 24.3 Å². The molecular formula is C30H19N5O4. The molecule has 0 atom stereocenters. The third-order valence-electron chi connectivity index (χ3n) is 6.28. The van der Waals surface area contributed by atoms with Gasteiger partial charge in [-0.2, -0.15) is 9.69 Å². The number of hydrogen-bond donors (Lipinski definition) is 0. The zero-order chi connectivity index (χ0) is 26.9. The van der Waals surface area contributed by atoms with Gasteiger partial charge in [0.25, 0.3) is 17.2 Å². The van der Waals surface area contributed by atoms with E-state index in [2.05, 4.69) is 4.99 Å². The van der Waals surface area contributed by atoms with Crippen molar-refractivity contribution in [1.82, 2.24) is 9.66 Å². The Balaban J connectivity index is 1.63. The summed E-state index contributed by atoms with van der Waals surface area (Å²) in [7, 11) is 0. The van der Waals surface area contributed by atoms with Crippen molar-refractivity contribution in [2.24, 2.45) is 4.99 Å². The molecule has 0 saturated carbocycles. The van der Waals surface area contributed by atoms with Crippen LogP contribution < -0.4 is 10.6 Å². The van der Waals surface area contributed by atoms with Gasteiger partial charge < -0.3 is 0 Å². The summed E-state index contributed by atoms with van der Waals surface area (Å²) in [5.74, 6) is -0.173. The topological polar surface area (TPSA) is 111 Å². The molecule has 0 N–H and O–H groups in total. The smallest absolute Gasteiger partial charge is 0.267 e. The quantitative estimate of drug-likeness (QED) is 0.188. The number of fused-ring (bicyclic) bond motifs is 1. The molecule has 0 fully saturated rings. The van der Waals surface area contributed by atoms with Crippen LogP contribution in [-0.4, -0.2) is 26.3 Å². The minimum Gasteiger partial charge on any atom is -0.267 e. The van der Waals surface area contributed by atoms with Crippen molar-refractivity contribution in [3.8, 4) is 11.4 Å². The molecular weight excluding hydrogens is 494 g/mol. The summed E-state index contributed by atoms with van der Waals surface area (Å²) in [4.78, 5) is 48.5. The molecule has 0 spiro atoms. The Hall–Kier alpha value is -5.70. The molecule has 5 aromatic rings. The van der Waals surface area contributed by atoms with E-state index in [-0.39, 0.29) is 28.6 Å². The summed E-state index contributed by atoms with van der Waals surface area (Å²) in [5, 5.41) is 13.1. The number of nitrogens with zero attached hydrogens (tertiary/aromatic N) is 5. The molecule has 1 aliphatic heterocycles. The molecule has 0 radical (unpaired) electrons. The third-order valence-corrected chi connectivity index (χ3v) is 6.28. The molecule has 39 heavy (non-hydrogen) atoms. The fraction of sp³-hybridized carbons (Fsp3) is 0. The van der Waals surface area contributed by atoms with Crippen LogP contribution in [0.5, 0.6) is 0 Å². The van der Waals surface area contributed by atoms with E-state index in [1.165, 1.54) is 27.9 Å². The number of rotatable bonds is 5. The van der Waals surface area contributed by atoms with Gasteiger partial charge in [-0.1, -0.05) is 84.9 Å². The number of nitro groups is 1. The van der Waals surface area contributed by atoms with E-state index in [0.717, 1.165) is 0 Å². The summed E-state index contributed by atoms with van der Waals surface area (Å²) >= 11 is 0. The van der Waals surface area contributed by atoms with Gasteiger partial charge in [-0.05, 0) is 24.3 Å². The van der Waals surface area contributed by atoms with Crippen LogP contribution in [0.15, 0.2) is 125 Å². The van der Waals surface area contributed by atoms with Gasteiger partial charge in [0.15, 0.2) is 11.7 Å². The van der Waals surface area contributed by atoms with Gasteiger partial charge in [-0.15, -0.1) is 0 Å². The number of carbonyl (C=O) groups excluding carboxylic acids is 1. The largest absolute Gasteiger partial charge is 0.297 e. The van der Waals surface area contributed by atoms with Crippen molar-refractivity contribution in [2.45, 2.75) is 0 Å². The maximum absolute atomic E-state index is 14.0. The molecule has 9 heteroatoms. The molecule has 6 rings (SSSR count). The Morgan fingerprint density at radius 3 is 2.08 bits per heavy atom. The number of nitro benzene ring substituents is 1. The summed E-state index contributed by atoms with van der Waals surface area (Å²) in [6.45, 7) is 0. The first-order valence-corrected chi connectivity index (χ1v) is 12.0. The lowest BCUT2D eigenvalue weighted by molar-refractivity contribution is -0.385. The second-order valence-electron chi connectivity index (χ2n) is 8.70. The van der Waals surface area contributed by atoms with Gasteiger partial charge in [0.05, 0.1) is 21.4 Å². The van der Waals surface area contributed by atoms with Crippen molar-refractivity contribution in [2.75, 3.05) is 5.01 Å². The highest BCUT2D eigenvalue weighted by molar-refractivity contribution is 6.29. The highest BCUT2D eigenvalue weighted by Crippen LogP contribution is 2.27. The van der Waals surface area contributed by atoms with Crippen LogP contribution in [0.25, 0.3) is 28.4 Å². The van der Waals surface area contributed by atoms with Crippen molar-refractivity contribution in [1.29, 1.82) is 0 Å². The minimum atomic E-state index is -0.622. The van der Waals surface area contributed by atoms with Crippen LogP contribution >= 0.6 is 0 Å². The van der Waals surface area contributed by atoms with Gasteiger partial charge in [-0.25, -0.2) is 9.98 Å². The molecule has 1 amide bonds.